The summed E-state index contributed by atoms with van der Waals surface area (Å²) in [6, 6.07) is 13.9. The van der Waals surface area contributed by atoms with Gasteiger partial charge in [-0.05, 0) is 65.1 Å². The van der Waals surface area contributed by atoms with E-state index >= 15 is 0 Å². The molecule has 0 aliphatic carbocycles. The average molecular weight is 376 g/mol. The molecule has 3 aromatic rings. The van der Waals surface area contributed by atoms with Gasteiger partial charge in [-0.2, -0.15) is 0 Å². The van der Waals surface area contributed by atoms with Crippen molar-refractivity contribution in [2.45, 2.75) is 11.8 Å². The topological polar surface area (TPSA) is 60.0 Å². The first-order chi connectivity index (χ1) is 10.6. The third-order valence-corrected chi connectivity index (χ3v) is 4.95. The van der Waals surface area contributed by atoms with Gasteiger partial charge in [-0.3, -0.25) is 14.2 Å². The van der Waals surface area contributed by atoms with E-state index in [0.717, 1.165) is 20.3 Å². The van der Waals surface area contributed by atoms with Crippen LogP contribution < -0.4 is 11.3 Å². The first-order valence-corrected chi connectivity index (χ1v) is 8.21. The molecule has 0 aliphatic rings. The van der Waals surface area contributed by atoms with Crippen LogP contribution in [0.1, 0.15) is 15.9 Å². The number of nitrogen functional groups attached to an aromatic ring is 1. The Morgan fingerprint density at radius 3 is 2.64 bits per heavy atom. The number of amides is 1. The Bertz CT molecular complexity index is 842. The van der Waals surface area contributed by atoms with Crippen molar-refractivity contribution < 1.29 is 4.79 Å². The highest BCUT2D eigenvalue weighted by molar-refractivity contribution is 9.10. The van der Waals surface area contributed by atoms with E-state index in [1.807, 2.05) is 18.3 Å². The molecule has 0 aliphatic heterocycles. The number of rotatable bonds is 3. The Kier molecular flexibility index (Phi) is 4.24. The van der Waals surface area contributed by atoms with Gasteiger partial charge in [0.05, 0.1) is 5.52 Å². The van der Waals surface area contributed by atoms with Crippen LogP contribution in [0, 0.1) is 6.92 Å². The molecule has 6 heteroatoms. The number of halogens is 1. The third-order valence-electron chi connectivity index (χ3n) is 3.34. The second-order valence-electron chi connectivity index (χ2n) is 4.91. The first-order valence-electron chi connectivity index (χ1n) is 6.65. The molecule has 112 valence electrons. The SMILES string of the molecule is Cc1ccc(Sn2cc(Br)c3cc(C(=O)NN)ccc32)cc1. The molecule has 0 atom stereocenters. The van der Waals surface area contributed by atoms with E-state index in [4.69, 9.17) is 5.84 Å². The summed E-state index contributed by atoms with van der Waals surface area (Å²) in [5.74, 6) is 4.89. The van der Waals surface area contributed by atoms with E-state index in [1.165, 1.54) is 5.56 Å². The van der Waals surface area contributed by atoms with Gasteiger partial charge in [-0.1, -0.05) is 17.7 Å². The van der Waals surface area contributed by atoms with E-state index in [1.54, 1.807) is 18.0 Å². The van der Waals surface area contributed by atoms with Gasteiger partial charge in [-0.25, -0.2) is 5.84 Å². The summed E-state index contributed by atoms with van der Waals surface area (Å²) in [7, 11) is 0. The molecule has 0 bridgehead atoms. The van der Waals surface area contributed by atoms with Crippen molar-refractivity contribution in [1.29, 1.82) is 0 Å². The van der Waals surface area contributed by atoms with Crippen molar-refractivity contribution in [3.8, 4) is 0 Å². The van der Waals surface area contributed by atoms with Gasteiger partial charge in [-0.15, -0.1) is 0 Å². The molecule has 4 nitrogen and oxygen atoms in total. The summed E-state index contributed by atoms with van der Waals surface area (Å²) < 4.78 is 3.02. The molecule has 3 rings (SSSR count). The van der Waals surface area contributed by atoms with Crippen LogP contribution >= 0.6 is 27.9 Å². The molecule has 1 amide bonds. The summed E-state index contributed by atoms with van der Waals surface area (Å²) >= 11 is 5.18. The fourth-order valence-electron chi connectivity index (χ4n) is 2.17. The molecule has 0 unspecified atom stereocenters. The maximum atomic E-state index is 11.6. The van der Waals surface area contributed by atoms with E-state index in [2.05, 4.69) is 56.5 Å². The Hall–Kier alpha value is -1.76. The van der Waals surface area contributed by atoms with Gasteiger partial charge in [0, 0.05) is 26.5 Å². The lowest BCUT2D eigenvalue weighted by Crippen LogP contribution is -2.29. The van der Waals surface area contributed by atoms with E-state index in [-0.39, 0.29) is 5.91 Å². The summed E-state index contributed by atoms with van der Waals surface area (Å²) in [4.78, 5) is 12.8. The Labute approximate surface area is 140 Å². The zero-order valence-corrected chi connectivity index (χ0v) is 14.2. The van der Waals surface area contributed by atoms with E-state index in [9.17, 15) is 4.79 Å². The lowest BCUT2D eigenvalue weighted by molar-refractivity contribution is 0.0954. The van der Waals surface area contributed by atoms with E-state index < -0.39 is 0 Å². The lowest BCUT2D eigenvalue weighted by Gasteiger charge is -2.05. The molecule has 3 N–H and O–H groups in total. The number of aryl methyl sites for hydroxylation is 1. The zero-order chi connectivity index (χ0) is 15.7. The van der Waals surface area contributed by atoms with Crippen LogP contribution in [0.2, 0.25) is 0 Å². The number of benzene rings is 2. The van der Waals surface area contributed by atoms with Crippen molar-refractivity contribution in [3.63, 3.8) is 0 Å². The van der Waals surface area contributed by atoms with Crippen molar-refractivity contribution >= 4 is 44.7 Å². The molecule has 0 saturated heterocycles. The molecule has 0 fully saturated rings. The van der Waals surface area contributed by atoms with Crippen molar-refractivity contribution in [2.24, 2.45) is 5.84 Å². The number of carbonyl (C=O) groups excluding carboxylic acids is 1. The fourth-order valence-corrected chi connectivity index (χ4v) is 3.73. The number of fused-ring (bicyclic) bond motifs is 1. The number of nitrogens with two attached hydrogens (primary N) is 1. The quantitative estimate of drug-likeness (QED) is 0.415. The summed E-state index contributed by atoms with van der Waals surface area (Å²) in [6.07, 6.45) is 2.00. The van der Waals surface area contributed by atoms with Gasteiger partial charge in [0.2, 0.25) is 0 Å². The van der Waals surface area contributed by atoms with Crippen molar-refractivity contribution in [1.82, 2.24) is 9.40 Å². The number of hydrogen-bond donors (Lipinski definition) is 2. The number of carbonyl (C=O) groups is 1. The molecule has 0 radical (unpaired) electrons. The third kappa shape index (κ3) is 2.90. The number of nitrogens with one attached hydrogen (secondary N) is 1. The van der Waals surface area contributed by atoms with Gasteiger partial charge >= 0.3 is 0 Å². The Balaban J connectivity index is 2.00. The van der Waals surface area contributed by atoms with Crippen molar-refractivity contribution in [3.05, 3.63) is 64.3 Å². The van der Waals surface area contributed by atoms with Crippen LogP contribution in [0.15, 0.2) is 58.0 Å². The van der Waals surface area contributed by atoms with Crippen LogP contribution in [0.4, 0.5) is 0 Å². The maximum absolute atomic E-state index is 11.6. The number of hydrazine groups is 1. The van der Waals surface area contributed by atoms with E-state index in [0.29, 0.717) is 5.56 Å². The second-order valence-corrected chi connectivity index (χ2v) is 6.81. The Morgan fingerprint density at radius 2 is 1.95 bits per heavy atom. The highest BCUT2D eigenvalue weighted by Gasteiger charge is 2.11. The Morgan fingerprint density at radius 1 is 1.23 bits per heavy atom. The number of nitrogens with zero attached hydrogens (tertiary/aromatic N) is 1. The van der Waals surface area contributed by atoms with Crippen molar-refractivity contribution in [2.75, 3.05) is 0 Å². The smallest absolute Gasteiger partial charge is 0.265 e. The van der Waals surface area contributed by atoms with Gasteiger partial charge in [0.25, 0.3) is 5.91 Å². The molecular weight excluding hydrogens is 362 g/mol. The molecule has 2 aromatic carbocycles. The molecule has 22 heavy (non-hydrogen) atoms. The summed E-state index contributed by atoms with van der Waals surface area (Å²) in [5.41, 5.74) is 4.96. The molecule has 1 heterocycles. The van der Waals surface area contributed by atoms with Crippen LogP contribution in [-0.4, -0.2) is 9.88 Å². The first kappa shape index (κ1) is 15.1. The average Bonchev–Trinajstić information content (AvgIpc) is 2.84. The van der Waals surface area contributed by atoms with Gasteiger partial charge < -0.3 is 0 Å². The highest BCUT2D eigenvalue weighted by Crippen LogP contribution is 2.33. The van der Waals surface area contributed by atoms with Crippen LogP contribution in [0.5, 0.6) is 0 Å². The monoisotopic (exact) mass is 375 g/mol. The minimum Gasteiger partial charge on any atom is -0.290 e. The zero-order valence-electron chi connectivity index (χ0n) is 11.8. The normalized spacial score (nSPS) is 10.9. The largest absolute Gasteiger partial charge is 0.290 e. The predicted molar refractivity (Wildman–Crippen MR) is 93.7 cm³/mol. The molecule has 1 aromatic heterocycles. The minimum absolute atomic E-state index is 0.298. The second kappa shape index (κ2) is 6.16. The number of aromatic nitrogens is 1. The van der Waals surface area contributed by atoms with Crippen LogP contribution in [0.3, 0.4) is 0 Å². The standard InChI is InChI=1S/C16H14BrN3OS/c1-10-2-5-12(6-3-10)22-20-9-14(17)13-8-11(16(21)19-18)4-7-15(13)20/h2-9H,18H2,1H3,(H,19,21). The minimum atomic E-state index is -0.298. The predicted octanol–water partition coefficient (Wildman–Crippen LogP) is 3.87. The fraction of sp³-hybridized carbons (Fsp3) is 0.0625. The summed E-state index contributed by atoms with van der Waals surface area (Å²) in [6.45, 7) is 2.07. The molecule has 0 spiro atoms. The highest BCUT2D eigenvalue weighted by atomic mass is 79.9. The molecular formula is C16H14BrN3OS. The van der Waals surface area contributed by atoms with Gasteiger partial charge in [0.1, 0.15) is 0 Å². The molecule has 0 saturated carbocycles. The van der Waals surface area contributed by atoms with Crippen LogP contribution in [-0.2, 0) is 0 Å². The summed E-state index contributed by atoms with van der Waals surface area (Å²) in [5, 5.41) is 0.973. The van der Waals surface area contributed by atoms with Crippen LogP contribution in [0.25, 0.3) is 10.9 Å². The number of hydrogen-bond acceptors (Lipinski definition) is 3. The van der Waals surface area contributed by atoms with Gasteiger partial charge in [0.15, 0.2) is 0 Å². The lowest BCUT2D eigenvalue weighted by atomic mass is 10.1. The maximum Gasteiger partial charge on any atom is 0.265 e.